The number of aliphatic hydroxyl groups is 1. The number of amides is 1. The summed E-state index contributed by atoms with van der Waals surface area (Å²) in [7, 11) is -1.97. The van der Waals surface area contributed by atoms with E-state index in [1.807, 2.05) is 33.0 Å². The molecule has 0 spiro atoms. The van der Waals surface area contributed by atoms with Gasteiger partial charge in [0.15, 0.2) is 0 Å². The number of benzene rings is 3. The van der Waals surface area contributed by atoms with E-state index in [2.05, 4.69) is 9.62 Å². The molecule has 1 amide bonds. The smallest absolute Gasteiger partial charge is 0.261 e. The fraction of sp³-hybridized carbons (Fsp3) is 0.457. The van der Waals surface area contributed by atoms with E-state index in [9.17, 15) is 18.3 Å². The molecule has 0 bridgehead atoms. The largest absolute Gasteiger partial charge is 0.490 e. The van der Waals surface area contributed by atoms with Crippen LogP contribution >= 0.6 is 34.8 Å². The Morgan fingerprint density at radius 2 is 1.75 bits per heavy atom. The number of hydrogen-bond donors (Lipinski definition) is 2. The number of anilines is 1. The number of hydrogen-bond acceptors (Lipinski definition) is 7. The molecular weight excluding hydrogens is 697 g/mol. The van der Waals surface area contributed by atoms with Crippen LogP contribution in [0.3, 0.4) is 0 Å². The second-order valence-electron chi connectivity index (χ2n) is 12.5. The van der Waals surface area contributed by atoms with Crippen molar-refractivity contribution in [3.8, 4) is 5.75 Å². The van der Waals surface area contributed by atoms with Crippen LogP contribution in [-0.2, 0) is 21.3 Å². The van der Waals surface area contributed by atoms with Crippen molar-refractivity contribution in [2.24, 2.45) is 5.92 Å². The first-order valence-corrected chi connectivity index (χ1v) is 18.6. The van der Waals surface area contributed by atoms with E-state index in [0.29, 0.717) is 40.5 Å². The quantitative estimate of drug-likeness (QED) is 0.236. The Kier molecular flexibility index (Phi) is 13.8. The molecule has 0 aliphatic carbocycles. The number of nitrogens with zero attached hydrogens (tertiary/aromatic N) is 2. The van der Waals surface area contributed by atoms with Gasteiger partial charge in [0.1, 0.15) is 5.75 Å². The zero-order chi connectivity index (χ0) is 35.0. The molecule has 0 radical (unpaired) electrons. The third-order valence-electron chi connectivity index (χ3n) is 8.36. The molecule has 4 atom stereocenters. The standard InChI is InChI=1S/C35H44Cl3N3O6S/c1-23-19-41(24(2)22-42)35(43)30-18-28(39-48(44,45)29-12-9-27(36)10-13-29)11-15-33(30)47-25(3)7-5-6-16-46-34(23)21-40(4)20-26-8-14-31(37)32(38)17-26/h8-15,17-18,23-25,34,39,42H,5-7,16,19-22H2,1-4H3/t23-,24-,25+,34-/m0/s1. The van der Waals surface area contributed by atoms with E-state index in [1.54, 1.807) is 30.0 Å². The summed E-state index contributed by atoms with van der Waals surface area (Å²) in [6.07, 6.45) is 1.98. The van der Waals surface area contributed by atoms with Gasteiger partial charge in [0.25, 0.3) is 15.9 Å². The molecule has 13 heteroatoms. The Morgan fingerprint density at radius 1 is 1.02 bits per heavy atom. The van der Waals surface area contributed by atoms with Crippen molar-refractivity contribution in [1.82, 2.24) is 9.80 Å². The Labute approximate surface area is 299 Å². The molecule has 3 aromatic rings. The zero-order valence-electron chi connectivity index (χ0n) is 27.7. The average molecular weight is 741 g/mol. The number of carbonyl (C=O) groups is 1. The highest BCUT2D eigenvalue weighted by Gasteiger charge is 2.31. The van der Waals surface area contributed by atoms with Crippen molar-refractivity contribution in [1.29, 1.82) is 0 Å². The van der Waals surface area contributed by atoms with Crippen molar-refractivity contribution < 1.29 is 27.8 Å². The van der Waals surface area contributed by atoms with Crippen LogP contribution in [0.5, 0.6) is 5.75 Å². The minimum atomic E-state index is -3.97. The summed E-state index contributed by atoms with van der Waals surface area (Å²) >= 11 is 18.3. The first kappa shape index (κ1) is 38.2. The van der Waals surface area contributed by atoms with Crippen LogP contribution in [0, 0.1) is 5.92 Å². The lowest BCUT2D eigenvalue weighted by atomic mass is 10.0. The molecule has 0 fully saturated rings. The van der Waals surface area contributed by atoms with Crippen LogP contribution in [0.15, 0.2) is 65.6 Å². The predicted molar refractivity (Wildman–Crippen MR) is 192 cm³/mol. The van der Waals surface area contributed by atoms with Crippen LogP contribution < -0.4 is 9.46 Å². The lowest BCUT2D eigenvalue weighted by Crippen LogP contribution is -2.47. The minimum absolute atomic E-state index is 0.0303. The fourth-order valence-electron chi connectivity index (χ4n) is 5.60. The predicted octanol–water partition coefficient (Wildman–Crippen LogP) is 7.38. The van der Waals surface area contributed by atoms with Crippen LogP contribution in [0.4, 0.5) is 5.69 Å². The minimum Gasteiger partial charge on any atom is -0.490 e. The highest BCUT2D eigenvalue weighted by molar-refractivity contribution is 7.92. The molecule has 3 aromatic carbocycles. The molecule has 4 rings (SSSR count). The number of aliphatic hydroxyl groups excluding tert-OH is 1. The van der Waals surface area contributed by atoms with E-state index in [1.165, 1.54) is 30.3 Å². The maximum absolute atomic E-state index is 14.4. The normalized spacial score (nSPS) is 20.5. The fourth-order valence-corrected chi connectivity index (χ4v) is 7.09. The van der Waals surface area contributed by atoms with Crippen molar-refractivity contribution in [3.63, 3.8) is 0 Å². The third-order valence-corrected chi connectivity index (χ3v) is 10.7. The topological polar surface area (TPSA) is 108 Å². The summed E-state index contributed by atoms with van der Waals surface area (Å²) in [5, 5.41) is 11.6. The van der Waals surface area contributed by atoms with Gasteiger partial charge < -0.3 is 19.5 Å². The van der Waals surface area contributed by atoms with Gasteiger partial charge in [0.05, 0.1) is 45.4 Å². The van der Waals surface area contributed by atoms with Gasteiger partial charge in [-0.25, -0.2) is 8.42 Å². The monoisotopic (exact) mass is 739 g/mol. The average Bonchev–Trinajstić information content (AvgIpc) is 3.04. The van der Waals surface area contributed by atoms with Crippen molar-refractivity contribution in [2.45, 2.75) is 69.7 Å². The van der Waals surface area contributed by atoms with Crippen molar-refractivity contribution in [2.75, 3.05) is 38.1 Å². The highest BCUT2D eigenvalue weighted by atomic mass is 35.5. The van der Waals surface area contributed by atoms with Gasteiger partial charge in [-0.15, -0.1) is 0 Å². The Hall–Kier alpha value is -2.57. The van der Waals surface area contributed by atoms with Crippen LogP contribution in [-0.4, -0.2) is 80.8 Å². The lowest BCUT2D eigenvalue weighted by Gasteiger charge is -2.36. The van der Waals surface area contributed by atoms with Crippen molar-refractivity contribution >= 4 is 56.4 Å². The van der Waals surface area contributed by atoms with E-state index in [4.69, 9.17) is 44.3 Å². The highest BCUT2D eigenvalue weighted by Crippen LogP contribution is 2.30. The number of rotatable bonds is 9. The molecule has 1 aliphatic rings. The molecule has 0 saturated heterocycles. The van der Waals surface area contributed by atoms with Gasteiger partial charge in [-0.3, -0.25) is 14.4 Å². The molecule has 9 nitrogen and oxygen atoms in total. The molecular formula is C35H44Cl3N3O6S. The molecule has 48 heavy (non-hydrogen) atoms. The summed E-state index contributed by atoms with van der Waals surface area (Å²) < 4.78 is 41.7. The van der Waals surface area contributed by atoms with Crippen LogP contribution in [0.25, 0.3) is 0 Å². The summed E-state index contributed by atoms with van der Waals surface area (Å²) in [5.41, 5.74) is 1.40. The van der Waals surface area contributed by atoms with Gasteiger partial charge >= 0.3 is 0 Å². The number of carbonyl (C=O) groups excluding carboxylic acids is 1. The lowest BCUT2D eigenvalue weighted by molar-refractivity contribution is -0.0177. The second-order valence-corrected chi connectivity index (χ2v) is 15.4. The summed E-state index contributed by atoms with van der Waals surface area (Å²) in [5.74, 6) is -0.175. The number of sulfonamides is 1. The summed E-state index contributed by atoms with van der Waals surface area (Å²) in [6, 6.07) is 15.5. The number of likely N-dealkylation sites (N-methyl/N-ethyl adjacent to an activating group) is 1. The maximum Gasteiger partial charge on any atom is 0.261 e. The number of fused-ring (bicyclic) bond motifs is 1. The SMILES string of the molecule is C[C@@H]1CCCCO[C@@H](CN(C)Cc2ccc(Cl)c(Cl)c2)[C@@H](C)CN([C@@H](C)CO)C(=O)c2cc(NS(=O)(=O)c3ccc(Cl)cc3)ccc2O1. The van der Waals surface area contributed by atoms with Crippen LogP contribution in [0.1, 0.15) is 56.0 Å². The molecule has 2 N–H and O–H groups in total. The molecule has 262 valence electrons. The first-order chi connectivity index (χ1) is 22.8. The second kappa shape index (κ2) is 17.4. The van der Waals surface area contributed by atoms with Gasteiger partial charge in [0, 0.05) is 42.9 Å². The van der Waals surface area contributed by atoms with Crippen LogP contribution in [0.2, 0.25) is 15.1 Å². The number of nitrogens with one attached hydrogen (secondary N) is 1. The molecule has 1 aliphatic heterocycles. The Bertz CT molecular complexity index is 1640. The molecule has 0 saturated carbocycles. The van der Waals surface area contributed by atoms with Gasteiger partial charge in [0.2, 0.25) is 0 Å². The third kappa shape index (κ3) is 10.5. The van der Waals surface area contributed by atoms with E-state index in [-0.39, 0.29) is 47.4 Å². The summed E-state index contributed by atoms with van der Waals surface area (Å²) in [4.78, 5) is 18.2. The Morgan fingerprint density at radius 3 is 2.44 bits per heavy atom. The number of ether oxygens (including phenoxy) is 2. The van der Waals surface area contributed by atoms with E-state index in [0.717, 1.165) is 24.8 Å². The number of halogens is 3. The van der Waals surface area contributed by atoms with Gasteiger partial charge in [-0.05, 0) is 100 Å². The Balaban J connectivity index is 1.63. The van der Waals surface area contributed by atoms with Crippen molar-refractivity contribution in [3.05, 3.63) is 86.9 Å². The first-order valence-electron chi connectivity index (χ1n) is 16.0. The molecule has 1 heterocycles. The van der Waals surface area contributed by atoms with Gasteiger partial charge in [-0.1, -0.05) is 47.8 Å². The molecule has 0 aromatic heterocycles. The summed E-state index contributed by atoms with van der Waals surface area (Å²) in [6.45, 7) is 7.52. The zero-order valence-corrected chi connectivity index (χ0v) is 30.7. The van der Waals surface area contributed by atoms with E-state index >= 15 is 0 Å². The van der Waals surface area contributed by atoms with E-state index < -0.39 is 22.0 Å². The maximum atomic E-state index is 14.4. The molecule has 0 unspecified atom stereocenters. The van der Waals surface area contributed by atoms with Gasteiger partial charge in [-0.2, -0.15) is 0 Å².